The zero-order valence-electron chi connectivity index (χ0n) is 13.2. The van der Waals surface area contributed by atoms with Crippen LogP contribution < -0.4 is 0 Å². The Morgan fingerprint density at radius 3 is 2.52 bits per heavy atom. The van der Waals surface area contributed by atoms with E-state index in [4.69, 9.17) is 0 Å². The van der Waals surface area contributed by atoms with Crippen LogP contribution in [0.2, 0.25) is 0 Å². The number of hydrogen-bond donors (Lipinski definition) is 2. The minimum atomic E-state index is -1.13. The molecule has 3 aliphatic heterocycles. The van der Waals surface area contributed by atoms with Gasteiger partial charge < -0.3 is 20.0 Å². The summed E-state index contributed by atoms with van der Waals surface area (Å²) in [6.45, 7) is 4.02. The van der Waals surface area contributed by atoms with Crippen molar-refractivity contribution >= 4 is 29.5 Å². The van der Waals surface area contributed by atoms with E-state index in [0.717, 1.165) is 0 Å². The third-order valence-electron chi connectivity index (χ3n) is 4.91. The molecule has 126 valence electrons. The Bertz CT molecular complexity index is 617. The summed E-state index contributed by atoms with van der Waals surface area (Å²) in [7, 11) is 1.73. The van der Waals surface area contributed by atoms with Crippen molar-refractivity contribution < 1.29 is 24.6 Å². The second-order valence-corrected chi connectivity index (χ2v) is 7.83. The van der Waals surface area contributed by atoms with Gasteiger partial charge in [0.25, 0.3) is 0 Å². The van der Waals surface area contributed by atoms with Crippen molar-refractivity contribution in [3.63, 3.8) is 0 Å². The van der Waals surface area contributed by atoms with Crippen LogP contribution in [0.25, 0.3) is 0 Å². The van der Waals surface area contributed by atoms with Crippen LogP contribution in [0.1, 0.15) is 20.3 Å². The van der Waals surface area contributed by atoms with Gasteiger partial charge in [0.2, 0.25) is 11.8 Å². The molecule has 0 saturated carbocycles. The number of carbonyl (C=O) groups excluding carboxylic acids is 2. The molecule has 0 bridgehead atoms. The average Bonchev–Trinajstić information content (AvgIpc) is 2.87. The van der Waals surface area contributed by atoms with E-state index in [1.165, 1.54) is 16.7 Å². The maximum Gasteiger partial charge on any atom is 0.353 e. The number of carboxylic acid groups (broad SMARTS) is 1. The second kappa shape index (κ2) is 5.52. The number of likely N-dealkylation sites (tertiary alicyclic amines) is 1. The maximum atomic E-state index is 12.2. The molecule has 0 aromatic rings. The Kier molecular flexibility index (Phi) is 3.92. The zero-order valence-corrected chi connectivity index (χ0v) is 14.0. The largest absolute Gasteiger partial charge is 0.477 e. The van der Waals surface area contributed by atoms with Gasteiger partial charge in [0, 0.05) is 36.1 Å². The molecule has 3 aliphatic rings. The van der Waals surface area contributed by atoms with Crippen LogP contribution in [0.3, 0.4) is 0 Å². The lowest BCUT2D eigenvalue weighted by Gasteiger charge is -2.46. The van der Waals surface area contributed by atoms with Crippen LogP contribution in [-0.4, -0.2) is 68.8 Å². The molecule has 2 N–H and O–H groups in total. The first kappa shape index (κ1) is 16.3. The first-order valence-electron chi connectivity index (χ1n) is 7.63. The highest BCUT2D eigenvalue weighted by molar-refractivity contribution is 8.03. The highest BCUT2D eigenvalue weighted by Crippen LogP contribution is 2.51. The number of fused-ring (bicyclic) bond motifs is 1. The van der Waals surface area contributed by atoms with Gasteiger partial charge in [0.15, 0.2) is 0 Å². The van der Waals surface area contributed by atoms with E-state index in [1.54, 1.807) is 18.9 Å². The van der Waals surface area contributed by atoms with Crippen LogP contribution in [0, 0.1) is 11.8 Å². The molecule has 7 nitrogen and oxygen atoms in total. The van der Waals surface area contributed by atoms with Crippen molar-refractivity contribution in [1.82, 2.24) is 9.80 Å². The summed E-state index contributed by atoms with van der Waals surface area (Å²) in [6, 6.07) is -0.300. The van der Waals surface area contributed by atoms with Crippen LogP contribution >= 0.6 is 11.8 Å². The van der Waals surface area contributed by atoms with Gasteiger partial charge in [-0.2, -0.15) is 0 Å². The highest BCUT2D eigenvalue weighted by Gasteiger charge is 2.60. The zero-order chi connectivity index (χ0) is 17.0. The van der Waals surface area contributed by atoms with E-state index in [-0.39, 0.29) is 34.7 Å². The number of amides is 2. The van der Waals surface area contributed by atoms with Crippen LogP contribution in [0.4, 0.5) is 0 Å². The number of aliphatic hydroxyl groups is 1. The number of hydrogen-bond acceptors (Lipinski definition) is 5. The van der Waals surface area contributed by atoms with Crippen LogP contribution in [-0.2, 0) is 14.4 Å². The molecular formula is C15H20N2O5S. The SMILES string of the molecule is CC(O)C1C(=O)N2C(C(=O)O)=C(SC3CC(=O)N(C)C3)C(C)[C@H]12. The first-order valence-corrected chi connectivity index (χ1v) is 8.51. The molecular weight excluding hydrogens is 320 g/mol. The summed E-state index contributed by atoms with van der Waals surface area (Å²) in [5.41, 5.74) is 0.0244. The summed E-state index contributed by atoms with van der Waals surface area (Å²) >= 11 is 1.39. The minimum Gasteiger partial charge on any atom is -0.477 e. The van der Waals surface area contributed by atoms with Crippen molar-refractivity contribution in [1.29, 1.82) is 0 Å². The summed E-state index contributed by atoms with van der Waals surface area (Å²) in [5, 5.41) is 19.3. The third kappa shape index (κ3) is 2.35. The van der Waals surface area contributed by atoms with Gasteiger partial charge in [-0.25, -0.2) is 4.79 Å². The van der Waals surface area contributed by atoms with Gasteiger partial charge in [0.1, 0.15) is 5.70 Å². The van der Waals surface area contributed by atoms with Gasteiger partial charge in [-0.1, -0.05) is 6.92 Å². The number of carbonyl (C=O) groups is 3. The van der Waals surface area contributed by atoms with Gasteiger partial charge in [-0.05, 0) is 6.92 Å². The quantitative estimate of drug-likeness (QED) is 0.705. The molecule has 2 amide bonds. The van der Waals surface area contributed by atoms with E-state index >= 15 is 0 Å². The van der Waals surface area contributed by atoms with Crippen LogP contribution in [0.15, 0.2) is 10.6 Å². The molecule has 0 spiro atoms. The molecule has 3 heterocycles. The topological polar surface area (TPSA) is 98.1 Å². The predicted molar refractivity (Wildman–Crippen MR) is 83.3 cm³/mol. The molecule has 0 radical (unpaired) electrons. The molecule has 0 aliphatic carbocycles. The molecule has 0 aromatic carbocycles. The van der Waals surface area contributed by atoms with Crippen molar-refractivity contribution in [2.45, 2.75) is 37.7 Å². The smallest absolute Gasteiger partial charge is 0.353 e. The summed E-state index contributed by atoms with van der Waals surface area (Å²) in [4.78, 5) is 39.2. The van der Waals surface area contributed by atoms with E-state index < -0.39 is 18.0 Å². The monoisotopic (exact) mass is 340 g/mol. The first-order chi connectivity index (χ1) is 10.7. The molecule has 5 atom stereocenters. The Morgan fingerprint density at radius 2 is 2.04 bits per heavy atom. The lowest BCUT2D eigenvalue weighted by molar-refractivity contribution is -0.163. The molecule has 3 rings (SSSR count). The second-order valence-electron chi connectivity index (χ2n) is 6.49. The van der Waals surface area contributed by atoms with Gasteiger partial charge in [0.05, 0.1) is 18.1 Å². The lowest BCUT2D eigenvalue weighted by atomic mass is 9.79. The van der Waals surface area contributed by atoms with E-state index in [9.17, 15) is 24.6 Å². The van der Waals surface area contributed by atoms with Gasteiger partial charge >= 0.3 is 5.97 Å². The standard InChI is InChI=1S/C15H20N2O5S/c1-6-11-10(7(2)18)14(20)17(11)12(15(21)22)13(6)23-8-4-9(19)16(3)5-8/h6-8,10-11,18H,4-5H2,1-3H3,(H,21,22)/t6?,7?,8?,10?,11-/m1/s1. The predicted octanol–water partition coefficient (Wildman–Crippen LogP) is 0.104. The summed E-state index contributed by atoms with van der Waals surface area (Å²) in [6.07, 6.45) is -0.423. The number of rotatable bonds is 4. The number of aliphatic carboxylic acids is 1. The fourth-order valence-electron chi connectivity index (χ4n) is 3.76. The highest BCUT2D eigenvalue weighted by atomic mass is 32.2. The van der Waals surface area contributed by atoms with Crippen molar-refractivity contribution in [2.24, 2.45) is 11.8 Å². The Hall–Kier alpha value is -1.54. The van der Waals surface area contributed by atoms with Gasteiger partial charge in [-0.15, -0.1) is 11.8 Å². The number of β-lactam (4-membered cyclic amide) rings is 1. The van der Waals surface area contributed by atoms with Gasteiger partial charge in [-0.3, -0.25) is 9.59 Å². The van der Waals surface area contributed by atoms with E-state index in [1.807, 2.05) is 6.92 Å². The summed E-state index contributed by atoms with van der Waals surface area (Å²) < 4.78 is 0. The third-order valence-corrected chi connectivity index (χ3v) is 6.38. The Labute approximate surface area is 138 Å². The summed E-state index contributed by atoms with van der Waals surface area (Å²) in [5.74, 6) is -2.11. The molecule has 2 saturated heterocycles. The maximum absolute atomic E-state index is 12.2. The number of nitrogens with zero attached hydrogens (tertiary/aromatic N) is 2. The number of carboxylic acids is 1. The molecule has 8 heteroatoms. The number of thioether (sulfide) groups is 1. The average molecular weight is 340 g/mol. The molecule has 23 heavy (non-hydrogen) atoms. The van der Waals surface area contributed by atoms with Crippen molar-refractivity contribution in [3.05, 3.63) is 10.6 Å². The van der Waals surface area contributed by atoms with E-state index in [2.05, 4.69) is 0 Å². The fraction of sp³-hybridized carbons (Fsp3) is 0.667. The van der Waals surface area contributed by atoms with Crippen molar-refractivity contribution in [2.75, 3.05) is 13.6 Å². The minimum absolute atomic E-state index is 0.00176. The van der Waals surface area contributed by atoms with E-state index in [0.29, 0.717) is 17.9 Å². The van der Waals surface area contributed by atoms with Crippen LogP contribution in [0.5, 0.6) is 0 Å². The normalized spacial score (nSPS) is 34.8. The molecule has 2 fully saturated rings. The molecule has 4 unspecified atom stereocenters. The number of aliphatic hydroxyl groups excluding tert-OH is 1. The Morgan fingerprint density at radius 1 is 1.39 bits per heavy atom. The van der Waals surface area contributed by atoms with Crippen molar-refractivity contribution in [3.8, 4) is 0 Å². The Balaban J connectivity index is 1.88. The lowest BCUT2D eigenvalue weighted by Crippen LogP contribution is -2.63. The molecule has 0 aromatic heterocycles. The fourth-order valence-corrected chi connectivity index (χ4v) is 5.29.